The summed E-state index contributed by atoms with van der Waals surface area (Å²) >= 11 is 5.79. The van der Waals surface area contributed by atoms with Crippen LogP contribution in [0.2, 0.25) is 5.02 Å². The van der Waals surface area contributed by atoms with Crippen molar-refractivity contribution in [1.82, 2.24) is 24.5 Å². The van der Waals surface area contributed by atoms with Crippen molar-refractivity contribution in [3.8, 4) is 0 Å². The fraction of sp³-hybridized carbons (Fsp3) is 0.450. The number of amides is 3. The van der Waals surface area contributed by atoms with Crippen molar-refractivity contribution in [2.45, 2.75) is 32.5 Å². The van der Waals surface area contributed by atoms with Gasteiger partial charge in [-0.1, -0.05) is 18.5 Å². The van der Waals surface area contributed by atoms with Crippen molar-refractivity contribution in [3.05, 3.63) is 46.0 Å². The summed E-state index contributed by atoms with van der Waals surface area (Å²) in [5.74, 6) is -0.472. The van der Waals surface area contributed by atoms with E-state index in [1.54, 1.807) is 16.5 Å². The lowest BCUT2D eigenvalue weighted by atomic mass is 10.1. The van der Waals surface area contributed by atoms with Crippen molar-refractivity contribution in [3.63, 3.8) is 0 Å². The number of nitrogens with one attached hydrogen (secondary N) is 2. The van der Waals surface area contributed by atoms with Gasteiger partial charge in [0.25, 0.3) is 5.91 Å². The van der Waals surface area contributed by atoms with E-state index in [4.69, 9.17) is 16.4 Å². The predicted octanol–water partition coefficient (Wildman–Crippen LogP) is 1.92. The summed E-state index contributed by atoms with van der Waals surface area (Å²) in [4.78, 5) is 33.1. The third kappa shape index (κ3) is 5.03. The highest BCUT2D eigenvalue weighted by Crippen LogP contribution is 2.27. The van der Waals surface area contributed by atoms with Crippen LogP contribution in [0, 0.1) is 5.82 Å². The van der Waals surface area contributed by atoms with Crippen LogP contribution in [0.15, 0.2) is 18.2 Å². The molecule has 4 rings (SSSR count). The Morgan fingerprint density at radius 3 is 2.94 bits per heavy atom. The van der Waals surface area contributed by atoms with Gasteiger partial charge in [0.2, 0.25) is 0 Å². The zero-order valence-corrected chi connectivity index (χ0v) is 19.7. The van der Waals surface area contributed by atoms with Crippen LogP contribution in [0.1, 0.15) is 28.7 Å². The zero-order valence-electron chi connectivity index (χ0n) is 18.1. The van der Waals surface area contributed by atoms with Gasteiger partial charge in [-0.15, -0.1) is 0 Å². The largest absolute Gasteiger partial charge is 0.322 e. The minimum absolute atomic E-state index is 0.0869. The number of aromatic nitrogens is 2. The molecule has 0 saturated carbocycles. The molecule has 0 fully saturated rings. The van der Waals surface area contributed by atoms with Gasteiger partial charge in [0, 0.05) is 43.6 Å². The first-order valence-corrected chi connectivity index (χ1v) is 12.1. The van der Waals surface area contributed by atoms with E-state index in [0.29, 0.717) is 42.2 Å². The third-order valence-electron chi connectivity index (χ3n) is 5.47. The van der Waals surface area contributed by atoms with E-state index in [-0.39, 0.29) is 24.0 Å². The molecule has 3 amide bonds. The number of carbonyl (C=O) groups is 2. The van der Waals surface area contributed by atoms with Crippen molar-refractivity contribution < 1.29 is 23.0 Å². The number of nitrogens with zero attached hydrogens (tertiary/aromatic N) is 4. The lowest BCUT2D eigenvalue weighted by Crippen LogP contribution is -2.40. The van der Waals surface area contributed by atoms with Gasteiger partial charge in [-0.3, -0.25) is 14.3 Å². The lowest BCUT2D eigenvalue weighted by molar-refractivity contribution is -0.145. The van der Waals surface area contributed by atoms with Gasteiger partial charge in [0.05, 0.1) is 34.8 Å². The molecule has 0 saturated heterocycles. The highest BCUT2D eigenvalue weighted by atomic mass is 35.5. The van der Waals surface area contributed by atoms with Crippen LogP contribution in [-0.4, -0.2) is 67.9 Å². The number of halogens is 2. The quantitative estimate of drug-likeness (QED) is 0.654. The van der Waals surface area contributed by atoms with E-state index in [1.165, 1.54) is 25.2 Å². The second kappa shape index (κ2) is 9.75. The van der Waals surface area contributed by atoms with Crippen LogP contribution in [0.5, 0.6) is 0 Å². The van der Waals surface area contributed by atoms with Crippen molar-refractivity contribution in [1.29, 1.82) is 0 Å². The number of hydrogen-bond donors (Lipinski definition) is 2. The SMILES string of the molecule is CCS(=O)NCC1Cn2nc3c(c2C(=O)N(C)O1)CN(C(=O)Nc1ccc(F)c(Cl)c1)CC3. The normalized spacial score (nSPS) is 19.0. The molecule has 10 nitrogen and oxygen atoms in total. The number of rotatable bonds is 5. The van der Waals surface area contributed by atoms with Crippen LogP contribution >= 0.6 is 11.6 Å². The third-order valence-corrected chi connectivity index (χ3v) is 6.77. The molecular formula is C20H24ClFN6O4S. The van der Waals surface area contributed by atoms with Gasteiger partial charge in [-0.25, -0.2) is 23.2 Å². The van der Waals surface area contributed by atoms with Gasteiger partial charge in [-0.2, -0.15) is 5.10 Å². The Kier molecular flexibility index (Phi) is 6.98. The van der Waals surface area contributed by atoms with Gasteiger partial charge in [0.15, 0.2) is 0 Å². The molecule has 1 aromatic heterocycles. The number of benzene rings is 1. The first kappa shape index (κ1) is 23.6. The van der Waals surface area contributed by atoms with Gasteiger partial charge >= 0.3 is 6.03 Å². The minimum atomic E-state index is -1.18. The summed E-state index contributed by atoms with van der Waals surface area (Å²) in [6.07, 6.45) is 0.0350. The second-order valence-corrected chi connectivity index (χ2v) is 9.66. The molecule has 0 radical (unpaired) electrons. The average molecular weight is 499 g/mol. The van der Waals surface area contributed by atoms with E-state index >= 15 is 0 Å². The molecule has 178 valence electrons. The maximum Gasteiger partial charge on any atom is 0.322 e. The average Bonchev–Trinajstić information content (AvgIpc) is 3.10. The van der Waals surface area contributed by atoms with E-state index in [1.807, 2.05) is 0 Å². The molecule has 2 N–H and O–H groups in total. The molecule has 2 aliphatic rings. The minimum Gasteiger partial charge on any atom is -0.320 e. The van der Waals surface area contributed by atoms with Gasteiger partial charge in [-0.05, 0) is 18.2 Å². The van der Waals surface area contributed by atoms with Crippen LogP contribution in [0.3, 0.4) is 0 Å². The predicted molar refractivity (Wildman–Crippen MR) is 120 cm³/mol. The van der Waals surface area contributed by atoms with Crippen molar-refractivity contribution in [2.75, 3.05) is 31.2 Å². The van der Waals surface area contributed by atoms with E-state index in [0.717, 1.165) is 10.8 Å². The molecule has 0 aliphatic carbocycles. The smallest absolute Gasteiger partial charge is 0.320 e. The van der Waals surface area contributed by atoms with Crippen molar-refractivity contribution >= 4 is 40.2 Å². The highest BCUT2D eigenvalue weighted by molar-refractivity contribution is 7.82. The zero-order chi connectivity index (χ0) is 23.7. The molecule has 2 atom stereocenters. The number of carbonyl (C=O) groups excluding carboxylic acids is 2. The topological polar surface area (TPSA) is 109 Å². The van der Waals surface area contributed by atoms with Crippen LogP contribution in [-0.2, 0) is 35.3 Å². The Balaban J connectivity index is 1.52. The summed E-state index contributed by atoms with van der Waals surface area (Å²) in [6.45, 7) is 2.99. The monoisotopic (exact) mass is 498 g/mol. The summed E-state index contributed by atoms with van der Waals surface area (Å²) in [5.41, 5.74) is 2.16. The molecule has 2 aliphatic heterocycles. The molecular weight excluding hydrogens is 475 g/mol. The Labute approximate surface area is 197 Å². The van der Waals surface area contributed by atoms with Crippen LogP contribution in [0.25, 0.3) is 0 Å². The summed E-state index contributed by atoms with van der Waals surface area (Å²) in [6, 6.07) is 3.56. The summed E-state index contributed by atoms with van der Waals surface area (Å²) in [5, 5.41) is 8.37. The molecule has 0 spiro atoms. The van der Waals surface area contributed by atoms with Gasteiger partial charge in [0.1, 0.15) is 17.6 Å². The lowest BCUT2D eigenvalue weighted by Gasteiger charge is -2.27. The van der Waals surface area contributed by atoms with Crippen LogP contribution < -0.4 is 10.0 Å². The molecule has 2 aromatic rings. The molecule has 0 bridgehead atoms. The van der Waals surface area contributed by atoms with Crippen LogP contribution in [0.4, 0.5) is 14.9 Å². The maximum absolute atomic E-state index is 13.4. The standard InChI is InChI=1S/C20H24ClFN6O4S/c1-3-33(31)23-9-13-10-28-18(19(29)26(2)32-13)14-11-27(7-6-17(14)25-28)20(30)24-12-4-5-16(22)15(21)8-12/h4-5,8,13,23H,3,6-7,9-11H2,1-2H3,(H,24,30). The number of urea groups is 1. The fourth-order valence-electron chi connectivity index (χ4n) is 3.78. The second-order valence-electron chi connectivity index (χ2n) is 7.70. The Morgan fingerprint density at radius 1 is 1.42 bits per heavy atom. The van der Waals surface area contributed by atoms with E-state index < -0.39 is 28.9 Å². The molecule has 13 heteroatoms. The summed E-state index contributed by atoms with van der Waals surface area (Å²) in [7, 11) is 0.343. The molecule has 33 heavy (non-hydrogen) atoms. The van der Waals surface area contributed by atoms with E-state index in [9.17, 15) is 18.2 Å². The van der Waals surface area contributed by atoms with Crippen molar-refractivity contribution in [2.24, 2.45) is 0 Å². The maximum atomic E-state index is 13.4. The Morgan fingerprint density at radius 2 is 2.21 bits per heavy atom. The van der Waals surface area contributed by atoms with E-state index in [2.05, 4.69) is 15.1 Å². The Hall–Kier alpha value is -2.54. The number of fused-ring (bicyclic) bond motifs is 3. The summed E-state index contributed by atoms with van der Waals surface area (Å²) < 4.78 is 29.6. The Bertz CT molecular complexity index is 1110. The number of hydrogen-bond acceptors (Lipinski definition) is 5. The molecule has 2 unspecified atom stereocenters. The van der Waals surface area contributed by atoms with Gasteiger partial charge < -0.3 is 10.2 Å². The number of hydroxylamine groups is 2. The highest BCUT2D eigenvalue weighted by Gasteiger charge is 2.35. The fourth-order valence-corrected chi connectivity index (χ4v) is 4.54. The molecule has 3 heterocycles. The molecule has 1 aromatic carbocycles. The number of anilines is 1. The first-order chi connectivity index (χ1) is 15.8. The first-order valence-electron chi connectivity index (χ1n) is 10.4.